The lowest BCUT2D eigenvalue weighted by atomic mass is 9.95. The van der Waals surface area contributed by atoms with E-state index in [-0.39, 0.29) is 11.3 Å². The van der Waals surface area contributed by atoms with Crippen molar-refractivity contribution in [3.63, 3.8) is 0 Å². The minimum atomic E-state index is -0.832. The Morgan fingerprint density at radius 3 is 2.59 bits per heavy atom. The highest BCUT2D eigenvalue weighted by Gasteiger charge is 2.48. The average molecular weight is 535 g/mol. The molecule has 1 aliphatic rings. The number of benzene rings is 3. The average Bonchev–Trinajstić information content (AvgIpc) is 3.37. The predicted molar refractivity (Wildman–Crippen MR) is 136 cm³/mol. The zero-order valence-corrected chi connectivity index (χ0v) is 20.7. The van der Waals surface area contributed by atoms with E-state index >= 15 is 0 Å². The van der Waals surface area contributed by atoms with Crippen molar-refractivity contribution in [2.24, 2.45) is 0 Å². The summed E-state index contributed by atoms with van der Waals surface area (Å²) in [6.45, 7) is 1.99. The van der Waals surface area contributed by atoms with Crippen LogP contribution in [0.4, 0.5) is 5.13 Å². The molecule has 1 saturated heterocycles. The van der Waals surface area contributed by atoms with Gasteiger partial charge in [-0.25, -0.2) is 4.98 Å². The van der Waals surface area contributed by atoms with Gasteiger partial charge in [0, 0.05) is 10.0 Å². The number of hydrogen-bond donors (Lipinski definition) is 1. The number of hydrogen-bond acceptors (Lipinski definition) is 6. The fourth-order valence-corrected chi connectivity index (χ4v) is 5.39. The number of rotatable bonds is 4. The minimum absolute atomic E-state index is 0.0102. The van der Waals surface area contributed by atoms with Crippen molar-refractivity contribution >= 4 is 60.1 Å². The first-order chi connectivity index (χ1) is 16.4. The number of carbonyl (C=O) groups is 2. The number of aromatic nitrogens is 1. The first-order valence-corrected chi connectivity index (χ1v) is 12.1. The van der Waals surface area contributed by atoms with E-state index < -0.39 is 17.7 Å². The normalized spacial score (nSPS) is 17.5. The second-order valence-electron chi connectivity index (χ2n) is 7.92. The maximum atomic E-state index is 13.3. The molecule has 0 spiro atoms. The summed E-state index contributed by atoms with van der Waals surface area (Å²) in [6, 6.07) is 19.1. The molecular formula is C26H19BrN2O4S. The molecule has 2 heterocycles. The molecule has 8 heteroatoms. The highest BCUT2D eigenvalue weighted by molar-refractivity contribution is 9.10. The molecule has 1 aromatic heterocycles. The first kappa shape index (κ1) is 22.3. The van der Waals surface area contributed by atoms with E-state index in [1.165, 1.54) is 23.3 Å². The molecule has 170 valence electrons. The molecule has 0 radical (unpaired) electrons. The fourth-order valence-electron chi connectivity index (χ4n) is 4.04. The lowest BCUT2D eigenvalue weighted by Crippen LogP contribution is -2.29. The van der Waals surface area contributed by atoms with Crippen molar-refractivity contribution in [1.29, 1.82) is 0 Å². The standard InChI is InChI=1S/C26H19BrN2O4S/c1-14-6-11-19-20(12-14)34-26(28-19)29-22(15-7-9-17(27)10-8-15)21(24(31)25(29)32)23(30)16-4-3-5-18(13-16)33-2/h3-13,22,30H,1-2H3. The van der Waals surface area contributed by atoms with E-state index in [0.717, 1.165) is 20.3 Å². The molecule has 1 atom stereocenters. The number of amides is 1. The van der Waals surface area contributed by atoms with Crippen molar-refractivity contribution in [2.75, 3.05) is 12.0 Å². The second-order valence-corrected chi connectivity index (χ2v) is 9.84. The van der Waals surface area contributed by atoms with Gasteiger partial charge in [0.25, 0.3) is 5.78 Å². The van der Waals surface area contributed by atoms with Gasteiger partial charge in [-0.1, -0.05) is 57.6 Å². The summed E-state index contributed by atoms with van der Waals surface area (Å²) >= 11 is 4.77. The topological polar surface area (TPSA) is 79.7 Å². The van der Waals surface area contributed by atoms with Gasteiger partial charge in [0.1, 0.15) is 11.5 Å². The van der Waals surface area contributed by atoms with Crippen LogP contribution < -0.4 is 9.64 Å². The van der Waals surface area contributed by atoms with E-state index in [2.05, 4.69) is 20.9 Å². The summed E-state index contributed by atoms with van der Waals surface area (Å²) in [5.74, 6) is -1.22. The number of nitrogens with zero attached hydrogens (tertiary/aromatic N) is 2. The molecule has 1 unspecified atom stereocenters. The lowest BCUT2D eigenvalue weighted by molar-refractivity contribution is -0.132. The molecule has 1 amide bonds. The second kappa shape index (κ2) is 8.70. The van der Waals surface area contributed by atoms with Crippen LogP contribution in [-0.2, 0) is 9.59 Å². The van der Waals surface area contributed by atoms with Gasteiger partial charge in [0.15, 0.2) is 5.13 Å². The van der Waals surface area contributed by atoms with Crippen LogP contribution in [0.5, 0.6) is 5.75 Å². The number of ether oxygens (including phenoxy) is 1. The van der Waals surface area contributed by atoms with Crippen LogP contribution in [0.3, 0.4) is 0 Å². The molecule has 1 aliphatic heterocycles. The van der Waals surface area contributed by atoms with Gasteiger partial charge in [0.05, 0.1) is 28.9 Å². The van der Waals surface area contributed by atoms with E-state index in [4.69, 9.17) is 4.74 Å². The Bertz CT molecular complexity index is 1480. The summed E-state index contributed by atoms with van der Waals surface area (Å²) < 4.78 is 7.04. The molecule has 1 N–H and O–H groups in total. The SMILES string of the molecule is COc1cccc(C(O)=C2C(=O)C(=O)N(c3nc4ccc(C)cc4s3)C2c2ccc(Br)cc2)c1. The molecule has 3 aromatic carbocycles. The molecule has 0 aliphatic carbocycles. The maximum Gasteiger partial charge on any atom is 0.301 e. The van der Waals surface area contributed by atoms with Crippen LogP contribution in [0.1, 0.15) is 22.7 Å². The third-order valence-electron chi connectivity index (χ3n) is 5.71. The Morgan fingerprint density at radius 1 is 1.09 bits per heavy atom. The van der Waals surface area contributed by atoms with Gasteiger partial charge < -0.3 is 9.84 Å². The first-order valence-electron chi connectivity index (χ1n) is 10.5. The maximum absolute atomic E-state index is 13.3. The highest BCUT2D eigenvalue weighted by atomic mass is 79.9. The summed E-state index contributed by atoms with van der Waals surface area (Å²) in [4.78, 5) is 32.7. The lowest BCUT2D eigenvalue weighted by Gasteiger charge is -2.23. The zero-order chi connectivity index (χ0) is 24.0. The number of anilines is 1. The predicted octanol–water partition coefficient (Wildman–Crippen LogP) is 6.00. The largest absolute Gasteiger partial charge is 0.507 e. The minimum Gasteiger partial charge on any atom is -0.507 e. The summed E-state index contributed by atoms with van der Waals surface area (Å²) in [5, 5.41) is 11.7. The summed E-state index contributed by atoms with van der Waals surface area (Å²) in [6.07, 6.45) is 0. The molecular weight excluding hydrogens is 516 g/mol. The number of aliphatic hydroxyl groups excluding tert-OH is 1. The number of halogens is 1. The molecule has 34 heavy (non-hydrogen) atoms. The van der Waals surface area contributed by atoms with Crippen LogP contribution in [0, 0.1) is 6.92 Å². The Morgan fingerprint density at radius 2 is 1.85 bits per heavy atom. The smallest absolute Gasteiger partial charge is 0.301 e. The van der Waals surface area contributed by atoms with E-state index in [1.807, 2.05) is 49.4 Å². The number of methoxy groups -OCH3 is 1. The van der Waals surface area contributed by atoms with Crippen LogP contribution in [-0.4, -0.2) is 28.9 Å². The molecule has 1 fully saturated rings. The summed E-state index contributed by atoms with van der Waals surface area (Å²) in [5.41, 5.74) is 2.90. The number of aliphatic hydroxyl groups is 1. The number of ketones is 1. The van der Waals surface area contributed by atoms with Gasteiger partial charge in [-0.2, -0.15) is 0 Å². The van der Waals surface area contributed by atoms with Gasteiger partial charge in [-0.15, -0.1) is 0 Å². The monoisotopic (exact) mass is 534 g/mol. The Hall–Kier alpha value is -3.49. The quantitative estimate of drug-likeness (QED) is 0.197. The van der Waals surface area contributed by atoms with Gasteiger partial charge >= 0.3 is 5.91 Å². The number of fused-ring (bicyclic) bond motifs is 1. The molecule has 0 bridgehead atoms. The summed E-state index contributed by atoms with van der Waals surface area (Å²) in [7, 11) is 1.52. The van der Waals surface area contributed by atoms with Crippen molar-refractivity contribution < 1.29 is 19.4 Å². The third-order valence-corrected chi connectivity index (χ3v) is 7.26. The van der Waals surface area contributed by atoms with Crippen molar-refractivity contribution in [1.82, 2.24) is 4.98 Å². The fraction of sp³-hybridized carbons (Fsp3) is 0.115. The molecule has 5 rings (SSSR count). The Labute approximate surface area is 208 Å². The highest BCUT2D eigenvalue weighted by Crippen LogP contribution is 2.44. The van der Waals surface area contributed by atoms with E-state index in [1.54, 1.807) is 24.3 Å². The van der Waals surface area contributed by atoms with E-state index in [0.29, 0.717) is 22.0 Å². The van der Waals surface area contributed by atoms with Crippen molar-refractivity contribution in [3.05, 3.63) is 93.5 Å². The van der Waals surface area contributed by atoms with Crippen molar-refractivity contribution in [3.8, 4) is 5.75 Å². The Balaban J connectivity index is 1.73. The molecule has 4 aromatic rings. The van der Waals surface area contributed by atoms with Gasteiger partial charge in [0.2, 0.25) is 0 Å². The zero-order valence-electron chi connectivity index (χ0n) is 18.3. The van der Waals surface area contributed by atoms with Crippen molar-refractivity contribution in [2.45, 2.75) is 13.0 Å². The van der Waals surface area contributed by atoms with Gasteiger partial charge in [-0.05, 0) is 54.4 Å². The molecule has 6 nitrogen and oxygen atoms in total. The van der Waals surface area contributed by atoms with E-state index in [9.17, 15) is 14.7 Å². The van der Waals surface area contributed by atoms with Crippen LogP contribution >= 0.6 is 27.3 Å². The van der Waals surface area contributed by atoms with Crippen LogP contribution in [0.15, 0.2) is 76.8 Å². The Kier molecular flexibility index (Phi) is 5.71. The number of Topliss-reactive ketones (excluding diaryl/α,β-unsaturated/α-hetero) is 1. The van der Waals surface area contributed by atoms with Crippen LogP contribution in [0.2, 0.25) is 0 Å². The molecule has 0 saturated carbocycles. The van der Waals surface area contributed by atoms with Gasteiger partial charge in [-0.3, -0.25) is 14.5 Å². The number of thiazole rings is 1. The van der Waals surface area contributed by atoms with Crippen LogP contribution in [0.25, 0.3) is 16.0 Å². The number of carbonyl (C=O) groups excluding carboxylic acids is 2. The third kappa shape index (κ3) is 3.78. The number of aryl methyl sites for hydroxylation is 1.